The summed E-state index contributed by atoms with van der Waals surface area (Å²) < 4.78 is 0. The Morgan fingerprint density at radius 3 is 3.20 bits per heavy atom. The normalized spacial score (nSPS) is 21.7. The minimum Gasteiger partial charge on any atom is -0.355 e. The first-order chi connectivity index (χ1) is 7.29. The van der Waals surface area contributed by atoms with E-state index in [9.17, 15) is 0 Å². The molecule has 0 N–H and O–H groups in total. The monoisotopic (exact) mass is 243 g/mol. The molecule has 1 saturated heterocycles. The molecule has 1 atom stereocenters. The summed E-state index contributed by atoms with van der Waals surface area (Å²) in [5, 5.41) is 1.05. The fourth-order valence-corrected chi connectivity index (χ4v) is 2.72. The van der Waals surface area contributed by atoms with Crippen LogP contribution in [-0.4, -0.2) is 34.6 Å². The maximum absolute atomic E-state index is 5.78. The minimum atomic E-state index is 0.332. The summed E-state index contributed by atoms with van der Waals surface area (Å²) in [5.41, 5.74) is 0. The van der Waals surface area contributed by atoms with Crippen LogP contribution in [0.4, 0.5) is 5.82 Å². The number of rotatable bonds is 2. The van der Waals surface area contributed by atoms with Crippen LogP contribution in [0.15, 0.2) is 12.3 Å². The van der Waals surface area contributed by atoms with E-state index in [1.807, 2.05) is 17.8 Å². The molecule has 0 amide bonds. The molecule has 2 heterocycles. The zero-order chi connectivity index (χ0) is 10.7. The van der Waals surface area contributed by atoms with Crippen LogP contribution in [0.3, 0.4) is 0 Å². The first-order valence-corrected chi connectivity index (χ1v) is 6.72. The molecule has 1 fully saturated rings. The average Bonchev–Trinajstić information content (AvgIpc) is 2.29. The van der Waals surface area contributed by atoms with E-state index in [0.29, 0.717) is 10.5 Å². The molecule has 0 radical (unpaired) electrons. The van der Waals surface area contributed by atoms with Crippen LogP contribution in [0.25, 0.3) is 0 Å². The molecule has 5 heteroatoms. The van der Waals surface area contributed by atoms with E-state index in [1.54, 1.807) is 6.20 Å². The Labute approximate surface area is 99.2 Å². The highest BCUT2D eigenvalue weighted by Gasteiger charge is 2.20. The fourth-order valence-electron chi connectivity index (χ4n) is 1.84. The summed E-state index contributed by atoms with van der Waals surface area (Å²) in [4.78, 5) is 10.4. The van der Waals surface area contributed by atoms with Gasteiger partial charge in [0.1, 0.15) is 5.82 Å². The predicted octanol–water partition coefficient (Wildman–Crippen LogP) is 2.46. The summed E-state index contributed by atoms with van der Waals surface area (Å²) in [6.07, 6.45) is 6.41. The number of piperidine rings is 1. The molecule has 82 valence electrons. The van der Waals surface area contributed by atoms with Crippen molar-refractivity contribution in [1.82, 2.24) is 9.97 Å². The van der Waals surface area contributed by atoms with Crippen molar-refractivity contribution < 1.29 is 0 Å². The lowest BCUT2D eigenvalue weighted by Crippen LogP contribution is -2.37. The van der Waals surface area contributed by atoms with E-state index in [-0.39, 0.29) is 0 Å². The first kappa shape index (κ1) is 11.0. The molecule has 0 aliphatic carbocycles. The third-order valence-corrected chi connectivity index (χ3v) is 3.88. The van der Waals surface area contributed by atoms with E-state index in [2.05, 4.69) is 21.1 Å². The topological polar surface area (TPSA) is 29.0 Å². The maximum Gasteiger partial charge on any atom is 0.224 e. The van der Waals surface area contributed by atoms with Crippen LogP contribution in [0, 0.1) is 0 Å². The van der Waals surface area contributed by atoms with Crippen molar-refractivity contribution in [2.24, 2.45) is 0 Å². The zero-order valence-electron chi connectivity index (χ0n) is 8.69. The Kier molecular flexibility index (Phi) is 3.70. The van der Waals surface area contributed by atoms with Gasteiger partial charge >= 0.3 is 0 Å². The first-order valence-electron chi connectivity index (χ1n) is 5.06. The molecular formula is C10H14ClN3S. The Hall–Kier alpha value is -0.480. The van der Waals surface area contributed by atoms with Gasteiger partial charge in [0.25, 0.3) is 0 Å². The largest absolute Gasteiger partial charge is 0.355 e. The van der Waals surface area contributed by atoms with Crippen LogP contribution in [0.5, 0.6) is 0 Å². The second-order valence-electron chi connectivity index (χ2n) is 3.63. The van der Waals surface area contributed by atoms with Crippen molar-refractivity contribution in [2.75, 3.05) is 24.2 Å². The SMILES string of the molecule is CSC1CCCN(c2ccnc(Cl)n2)C1. The molecule has 1 unspecified atom stereocenters. The third-order valence-electron chi connectivity index (χ3n) is 2.65. The number of halogens is 1. The van der Waals surface area contributed by atoms with Crippen LogP contribution in [0.2, 0.25) is 5.28 Å². The molecule has 2 rings (SSSR count). The Bertz CT molecular complexity index is 334. The number of anilines is 1. The van der Waals surface area contributed by atoms with Gasteiger partial charge in [-0.1, -0.05) is 0 Å². The Morgan fingerprint density at radius 2 is 2.47 bits per heavy atom. The predicted molar refractivity (Wildman–Crippen MR) is 65.8 cm³/mol. The van der Waals surface area contributed by atoms with Gasteiger partial charge in [-0.05, 0) is 36.8 Å². The Morgan fingerprint density at radius 1 is 1.60 bits per heavy atom. The summed E-state index contributed by atoms with van der Waals surface area (Å²) in [5.74, 6) is 0.953. The van der Waals surface area contributed by atoms with Crippen molar-refractivity contribution in [3.8, 4) is 0 Å². The second-order valence-corrected chi connectivity index (χ2v) is 5.11. The van der Waals surface area contributed by atoms with E-state index in [0.717, 1.165) is 18.9 Å². The van der Waals surface area contributed by atoms with Gasteiger partial charge in [0.2, 0.25) is 5.28 Å². The lowest BCUT2D eigenvalue weighted by Gasteiger charge is -2.32. The van der Waals surface area contributed by atoms with Gasteiger partial charge in [-0.25, -0.2) is 9.97 Å². The molecule has 0 spiro atoms. The summed E-state index contributed by atoms with van der Waals surface area (Å²) in [6.45, 7) is 2.14. The van der Waals surface area contributed by atoms with Crippen molar-refractivity contribution in [3.05, 3.63) is 17.5 Å². The molecular weight excluding hydrogens is 230 g/mol. The number of thioether (sulfide) groups is 1. The van der Waals surface area contributed by atoms with Gasteiger partial charge in [-0.15, -0.1) is 0 Å². The van der Waals surface area contributed by atoms with Gasteiger partial charge in [-0.3, -0.25) is 0 Å². The summed E-state index contributed by atoms with van der Waals surface area (Å²) >= 11 is 7.71. The van der Waals surface area contributed by atoms with Gasteiger partial charge in [0.05, 0.1) is 0 Å². The van der Waals surface area contributed by atoms with Gasteiger partial charge in [0.15, 0.2) is 0 Å². The summed E-state index contributed by atoms with van der Waals surface area (Å²) in [7, 11) is 0. The number of hydrogen-bond donors (Lipinski definition) is 0. The second kappa shape index (κ2) is 5.03. The van der Waals surface area contributed by atoms with Crippen LogP contribution in [-0.2, 0) is 0 Å². The third kappa shape index (κ3) is 2.75. The van der Waals surface area contributed by atoms with E-state index >= 15 is 0 Å². The number of hydrogen-bond acceptors (Lipinski definition) is 4. The highest BCUT2D eigenvalue weighted by Crippen LogP contribution is 2.24. The van der Waals surface area contributed by atoms with Crippen molar-refractivity contribution in [2.45, 2.75) is 18.1 Å². The molecule has 1 aromatic rings. The van der Waals surface area contributed by atoms with E-state index in [4.69, 9.17) is 11.6 Å². The smallest absolute Gasteiger partial charge is 0.224 e. The van der Waals surface area contributed by atoms with E-state index in [1.165, 1.54) is 12.8 Å². The van der Waals surface area contributed by atoms with Crippen LogP contribution < -0.4 is 4.90 Å². The standard InChI is InChI=1S/C10H14ClN3S/c1-15-8-3-2-6-14(7-8)9-4-5-12-10(11)13-9/h4-5,8H,2-3,6-7H2,1H3. The molecule has 0 aromatic carbocycles. The number of nitrogens with zero attached hydrogens (tertiary/aromatic N) is 3. The quantitative estimate of drug-likeness (QED) is 0.747. The van der Waals surface area contributed by atoms with Crippen LogP contribution >= 0.6 is 23.4 Å². The molecule has 15 heavy (non-hydrogen) atoms. The highest BCUT2D eigenvalue weighted by atomic mass is 35.5. The molecule has 0 saturated carbocycles. The minimum absolute atomic E-state index is 0.332. The molecule has 3 nitrogen and oxygen atoms in total. The molecule has 1 aromatic heterocycles. The fraction of sp³-hybridized carbons (Fsp3) is 0.600. The molecule has 0 bridgehead atoms. The van der Waals surface area contributed by atoms with Gasteiger partial charge < -0.3 is 4.90 Å². The van der Waals surface area contributed by atoms with Crippen molar-refractivity contribution in [3.63, 3.8) is 0 Å². The summed E-state index contributed by atoms with van der Waals surface area (Å²) in [6, 6.07) is 1.93. The molecule has 1 aliphatic rings. The van der Waals surface area contributed by atoms with Crippen molar-refractivity contribution >= 4 is 29.2 Å². The Balaban J connectivity index is 2.09. The zero-order valence-corrected chi connectivity index (χ0v) is 10.3. The molecule has 1 aliphatic heterocycles. The van der Waals surface area contributed by atoms with E-state index < -0.39 is 0 Å². The average molecular weight is 244 g/mol. The van der Waals surface area contributed by atoms with Crippen molar-refractivity contribution in [1.29, 1.82) is 0 Å². The highest BCUT2D eigenvalue weighted by molar-refractivity contribution is 7.99. The van der Waals surface area contributed by atoms with Crippen LogP contribution in [0.1, 0.15) is 12.8 Å². The van der Waals surface area contributed by atoms with Gasteiger partial charge in [-0.2, -0.15) is 11.8 Å². The maximum atomic E-state index is 5.78. The van der Waals surface area contributed by atoms with Gasteiger partial charge in [0, 0.05) is 24.5 Å². The lowest BCUT2D eigenvalue weighted by molar-refractivity contribution is 0.585. The lowest BCUT2D eigenvalue weighted by atomic mass is 10.1. The number of aromatic nitrogens is 2.